The van der Waals surface area contributed by atoms with E-state index in [0.717, 1.165) is 18.5 Å². The molecule has 1 heterocycles. The molecule has 0 amide bonds. The van der Waals surface area contributed by atoms with Crippen molar-refractivity contribution in [1.29, 1.82) is 0 Å². The van der Waals surface area contributed by atoms with E-state index in [9.17, 15) is 18.9 Å². The van der Waals surface area contributed by atoms with Gasteiger partial charge in [0.05, 0.1) is 4.92 Å². The van der Waals surface area contributed by atoms with Crippen molar-refractivity contribution in [2.45, 2.75) is 0 Å². The van der Waals surface area contributed by atoms with Gasteiger partial charge in [0.25, 0.3) is 0 Å². The highest BCUT2D eigenvalue weighted by atomic mass is 35.5. The molecule has 0 aliphatic heterocycles. The monoisotopic (exact) mass is 287 g/mol. The highest BCUT2D eigenvalue weighted by molar-refractivity contribution is 6.31. The summed E-state index contributed by atoms with van der Waals surface area (Å²) in [7, 11) is 0. The van der Waals surface area contributed by atoms with Crippen LogP contribution in [0.2, 0.25) is 5.15 Å². The summed E-state index contributed by atoms with van der Waals surface area (Å²) in [5.41, 5.74) is -0.701. The van der Waals surface area contributed by atoms with Gasteiger partial charge in [-0.15, -0.1) is 0 Å². The Balaban J connectivity index is 2.44. The predicted octanol–water partition coefficient (Wildman–Crippen LogP) is 3.11. The Hall–Kier alpha value is -2.35. The van der Waals surface area contributed by atoms with Gasteiger partial charge in [-0.2, -0.15) is 4.98 Å². The zero-order valence-corrected chi connectivity index (χ0v) is 9.77. The summed E-state index contributed by atoms with van der Waals surface area (Å²) in [6.07, 6.45) is 0.923. The third kappa shape index (κ3) is 2.74. The van der Waals surface area contributed by atoms with Gasteiger partial charge in [0.15, 0.2) is 11.6 Å². The number of benzene rings is 1. The van der Waals surface area contributed by atoms with Crippen LogP contribution in [0.5, 0.6) is 11.6 Å². The van der Waals surface area contributed by atoms with Crippen molar-refractivity contribution < 1.29 is 18.4 Å². The van der Waals surface area contributed by atoms with Crippen molar-refractivity contribution >= 4 is 17.3 Å². The topological polar surface area (TPSA) is 78.2 Å². The van der Waals surface area contributed by atoms with Crippen molar-refractivity contribution in [1.82, 2.24) is 9.97 Å². The second-order valence-corrected chi connectivity index (χ2v) is 3.61. The lowest BCUT2D eigenvalue weighted by molar-refractivity contribution is -0.386. The minimum absolute atomic E-state index is 0.417. The first-order chi connectivity index (χ1) is 8.99. The third-order valence-corrected chi connectivity index (χ3v) is 2.30. The zero-order valence-electron chi connectivity index (χ0n) is 9.01. The Morgan fingerprint density at radius 3 is 2.68 bits per heavy atom. The minimum Gasteiger partial charge on any atom is -0.430 e. The molecule has 0 radical (unpaired) electrons. The van der Waals surface area contributed by atoms with Gasteiger partial charge in [0, 0.05) is 6.07 Å². The Bertz CT molecular complexity index is 654. The molecule has 0 N–H and O–H groups in total. The molecular weight excluding hydrogens is 284 g/mol. The number of aromatic nitrogens is 2. The lowest BCUT2D eigenvalue weighted by Crippen LogP contribution is -1.99. The molecule has 9 heteroatoms. The van der Waals surface area contributed by atoms with Crippen LogP contribution in [0.1, 0.15) is 0 Å². The molecule has 1 aromatic heterocycles. The minimum atomic E-state index is -1.02. The van der Waals surface area contributed by atoms with Gasteiger partial charge in [-0.3, -0.25) is 10.1 Å². The molecule has 2 aromatic rings. The number of hydrogen-bond acceptors (Lipinski definition) is 5. The predicted molar refractivity (Wildman–Crippen MR) is 60.1 cm³/mol. The van der Waals surface area contributed by atoms with Crippen molar-refractivity contribution in [3.8, 4) is 11.6 Å². The summed E-state index contributed by atoms with van der Waals surface area (Å²) in [6.45, 7) is 0. The fraction of sp³-hybridized carbons (Fsp3) is 0. The molecule has 98 valence electrons. The quantitative estimate of drug-likeness (QED) is 0.492. The molecule has 2 rings (SSSR count). The molecule has 0 spiro atoms. The average molecular weight is 288 g/mol. The van der Waals surface area contributed by atoms with Crippen molar-refractivity contribution in [2.75, 3.05) is 0 Å². The van der Waals surface area contributed by atoms with Gasteiger partial charge in [0.2, 0.25) is 5.15 Å². The van der Waals surface area contributed by atoms with Crippen molar-refractivity contribution in [2.24, 2.45) is 0 Å². The summed E-state index contributed by atoms with van der Waals surface area (Å²) >= 11 is 5.53. The van der Waals surface area contributed by atoms with Gasteiger partial charge >= 0.3 is 11.6 Å². The van der Waals surface area contributed by atoms with E-state index in [1.807, 2.05) is 0 Å². The first-order valence-corrected chi connectivity index (χ1v) is 5.14. The first kappa shape index (κ1) is 13.1. The Kier molecular flexibility index (Phi) is 3.52. The van der Waals surface area contributed by atoms with E-state index in [-0.39, 0.29) is 0 Å². The smallest absolute Gasteiger partial charge is 0.368 e. The summed E-state index contributed by atoms with van der Waals surface area (Å²) in [6, 6.07) is 2.49. The Morgan fingerprint density at radius 1 is 1.32 bits per heavy atom. The highest BCUT2D eigenvalue weighted by Crippen LogP contribution is 2.34. The van der Waals surface area contributed by atoms with E-state index >= 15 is 0 Å². The lowest BCUT2D eigenvalue weighted by atomic mass is 10.3. The van der Waals surface area contributed by atoms with Crippen LogP contribution in [0.25, 0.3) is 0 Å². The number of nitrogens with zero attached hydrogens (tertiary/aromatic N) is 3. The number of halogens is 3. The summed E-state index contributed by atoms with van der Waals surface area (Å²) in [5, 5.41) is 10.3. The molecule has 0 aliphatic rings. The van der Waals surface area contributed by atoms with Gasteiger partial charge in [-0.05, 0) is 12.1 Å². The third-order valence-electron chi connectivity index (χ3n) is 2.03. The van der Waals surface area contributed by atoms with Crippen LogP contribution >= 0.6 is 11.6 Å². The van der Waals surface area contributed by atoms with Crippen LogP contribution in [0.3, 0.4) is 0 Å². The summed E-state index contributed by atoms with van der Waals surface area (Å²) in [5.74, 6) is -2.78. The van der Waals surface area contributed by atoms with Crippen LogP contribution in [0.4, 0.5) is 14.5 Å². The molecule has 19 heavy (non-hydrogen) atoms. The fourth-order valence-corrected chi connectivity index (χ4v) is 1.43. The maximum Gasteiger partial charge on any atom is 0.368 e. The Morgan fingerprint density at radius 2 is 2.05 bits per heavy atom. The normalized spacial score (nSPS) is 10.3. The van der Waals surface area contributed by atoms with Gasteiger partial charge < -0.3 is 4.74 Å². The maximum absolute atomic E-state index is 13.4. The van der Waals surface area contributed by atoms with E-state index in [4.69, 9.17) is 16.3 Å². The Labute approximate surface area is 109 Å². The number of ether oxygens (including phenoxy) is 1. The molecule has 6 nitrogen and oxygen atoms in total. The fourth-order valence-electron chi connectivity index (χ4n) is 1.23. The van der Waals surface area contributed by atoms with E-state index in [1.165, 1.54) is 0 Å². The molecule has 0 bridgehead atoms. The zero-order chi connectivity index (χ0) is 14.0. The van der Waals surface area contributed by atoms with Gasteiger partial charge in [0.1, 0.15) is 12.1 Å². The number of rotatable bonds is 3. The van der Waals surface area contributed by atoms with Crippen molar-refractivity contribution in [3.63, 3.8) is 0 Å². The number of nitro groups is 1. The van der Waals surface area contributed by atoms with E-state index in [1.54, 1.807) is 0 Å². The summed E-state index contributed by atoms with van der Waals surface area (Å²) < 4.78 is 31.0. The van der Waals surface area contributed by atoms with Crippen LogP contribution in [-0.4, -0.2) is 14.9 Å². The van der Waals surface area contributed by atoms with Gasteiger partial charge in [-0.25, -0.2) is 13.8 Å². The maximum atomic E-state index is 13.4. The second kappa shape index (κ2) is 5.11. The molecule has 0 atom stereocenters. The van der Waals surface area contributed by atoms with Crippen LogP contribution in [-0.2, 0) is 0 Å². The summed E-state index contributed by atoms with van der Waals surface area (Å²) in [4.78, 5) is 16.8. The van der Waals surface area contributed by atoms with Gasteiger partial charge in [-0.1, -0.05) is 11.6 Å². The first-order valence-electron chi connectivity index (χ1n) is 4.77. The lowest BCUT2D eigenvalue weighted by Gasteiger charge is -2.06. The highest BCUT2D eigenvalue weighted by Gasteiger charge is 2.24. The van der Waals surface area contributed by atoms with Crippen LogP contribution in [0, 0.1) is 21.7 Å². The molecule has 0 saturated heterocycles. The molecule has 0 fully saturated rings. The average Bonchev–Trinajstić information content (AvgIpc) is 2.32. The SMILES string of the molecule is O=[N+]([O-])c1c(Cl)ncnc1Oc1ccc(F)cc1F. The number of hydrogen-bond donors (Lipinski definition) is 0. The standard InChI is InChI=1S/C10H4ClF2N3O3/c11-9-8(16(17)18)10(15-4-14-9)19-7-2-1-5(12)3-6(7)13/h1-4H. The molecule has 0 unspecified atom stereocenters. The van der Waals surface area contributed by atoms with Crippen LogP contribution < -0.4 is 4.74 Å². The van der Waals surface area contributed by atoms with E-state index in [0.29, 0.717) is 6.07 Å². The molecule has 0 aliphatic carbocycles. The van der Waals surface area contributed by atoms with E-state index < -0.39 is 39.0 Å². The molecule has 0 saturated carbocycles. The second-order valence-electron chi connectivity index (χ2n) is 3.25. The van der Waals surface area contributed by atoms with Crippen LogP contribution in [0.15, 0.2) is 24.5 Å². The molecular formula is C10H4ClF2N3O3. The largest absolute Gasteiger partial charge is 0.430 e. The van der Waals surface area contributed by atoms with Crippen molar-refractivity contribution in [3.05, 3.63) is 51.4 Å². The molecule has 1 aromatic carbocycles. The van der Waals surface area contributed by atoms with E-state index in [2.05, 4.69) is 9.97 Å².